The summed E-state index contributed by atoms with van der Waals surface area (Å²) < 4.78 is 0. The second-order valence-electron chi connectivity index (χ2n) is 4.88. The van der Waals surface area contributed by atoms with Crippen LogP contribution in [0.4, 0.5) is 0 Å². The summed E-state index contributed by atoms with van der Waals surface area (Å²) in [5, 5.41) is 0. The van der Waals surface area contributed by atoms with Crippen LogP contribution in [0.5, 0.6) is 0 Å². The van der Waals surface area contributed by atoms with Gasteiger partial charge in [-0.15, -0.1) is 9.24 Å². The molecular formula is C13H27P. The fourth-order valence-corrected chi connectivity index (χ4v) is 2.86. The summed E-state index contributed by atoms with van der Waals surface area (Å²) in [5.41, 5.74) is 0. The molecule has 0 aromatic carbocycles. The standard InChI is InChI=1S/C10H18.C3H9P/c1-2-6-9(5-1)10-7-3-4-8-10;1-2-3-4/h9-10H,1-8H2;2-4H2,1H3. The highest BCUT2D eigenvalue weighted by Gasteiger charge is 2.26. The predicted octanol–water partition coefficient (Wildman–Crippen LogP) is 4.64. The van der Waals surface area contributed by atoms with Crippen LogP contribution in [0.1, 0.15) is 64.7 Å². The van der Waals surface area contributed by atoms with Crippen LogP contribution in [0.3, 0.4) is 0 Å². The average molecular weight is 214 g/mol. The Bertz CT molecular complexity index is 105. The Labute approximate surface area is 92.4 Å². The number of hydrogen-bond acceptors (Lipinski definition) is 0. The molecule has 1 heteroatoms. The molecule has 0 aliphatic heterocycles. The van der Waals surface area contributed by atoms with E-state index in [0.717, 1.165) is 11.8 Å². The van der Waals surface area contributed by atoms with Gasteiger partial charge >= 0.3 is 0 Å². The molecular weight excluding hydrogens is 187 g/mol. The van der Waals surface area contributed by atoms with E-state index in [2.05, 4.69) is 16.2 Å². The first kappa shape index (κ1) is 12.5. The third kappa shape index (κ3) is 4.30. The fraction of sp³-hybridized carbons (Fsp3) is 1.00. The van der Waals surface area contributed by atoms with E-state index in [1.165, 1.54) is 38.3 Å². The third-order valence-corrected chi connectivity index (χ3v) is 4.33. The van der Waals surface area contributed by atoms with E-state index in [-0.39, 0.29) is 0 Å². The summed E-state index contributed by atoms with van der Waals surface area (Å²) >= 11 is 0. The zero-order valence-electron chi connectivity index (χ0n) is 9.80. The van der Waals surface area contributed by atoms with Gasteiger partial charge in [0.25, 0.3) is 0 Å². The summed E-state index contributed by atoms with van der Waals surface area (Å²) in [7, 11) is 2.66. The smallest absolute Gasteiger partial charge is 0.0384 e. The molecule has 0 bridgehead atoms. The van der Waals surface area contributed by atoms with Crippen molar-refractivity contribution >= 4 is 9.24 Å². The van der Waals surface area contributed by atoms with Gasteiger partial charge in [0.2, 0.25) is 0 Å². The van der Waals surface area contributed by atoms with Crippen molar-refractivity contribution in [2.24, 2.45) is 11.8 Å². The van der Waals surface area contributed by atoms with Gasteiger partial charge in [-0.1, -0.05) is 64.7 Å². The third-order valence-electron chi connectivity index (χ3n) is 3.76. The van der Waals surface area contributed by atoms with Crippen LogP contribution in [0.2, 0.25) is 0 Å². The Hall–Kier alpha value is 0.430. The van der Waals surface area contributed by atoms with Crippen molar-refractivity contribution in [2.75, 3.05) is 6.16 Å². The van der Waals surface area contributed by atoms with Crippen molar-refractivity contribution < 1.29 is 0 Å². The minimum atomic E-state index is 1.16. The van der Waals surface area contributed by atoms with Gasteiger partial charge in [-0.3, -0.25) is 0 Å². The first-order valence-corrected chi connectivity index (χ1v) is 7.40. The molecule has 0 amide bonds. The average Bonchev–Trinajstić information content (AvgIpc) is 2.89. The van der Waals surface area contributed by atoms with E-state index in [1.54, 1.807) is 25.7 Å². The molecule has 0 heterocycles. The number of hydrogen-bond donors (Lipinski definition) is 0. The molecule has 14 heavy (non-hydrogen) atoms. The normalized spacial score (nSPS) is 23.6. The van der Waals surface area contributed by atoms with Crippen LogP contribution >= 0.6 is 9.24 Å². The maximum Gasteiger partial charge on any atom is -0.0384 e. The molecule has 0 radical (unpaired) electrons. The summed E-state index contributed by atoms with van der Waals surface area (Å²) in [6.45, 7) is 2.16. The second kappa shape index (κ2) is 7.69. The molecule has 0 aromatic rings. The molecule has 1 atom stereocenters. The van der Waals surface area contributed by atoms with E-state index < -0.39 is 0 Å². The number of rotatable bonds is 2. The van der Waals surface area contributed by atoms with Crippen LogP contribution in [0, 0.1) is 11.8 Å². The van der Waals surface area contributed by atoms with Crippen LogP contribution in [-0.2, 0) is 0 Å². The van der Waals surface area contributed by atoms with Crippen LogP contribution in [-0.4, -0.2) is 6.16 Å². The maximum atomic E-state index is 2.66. The fourth-order valence-electron chi connectivity index (χ4n) is 2.86. The molecule has 0 aromatic heterocycles. The van der Waals surface area contributed by atoms with Gasteiger partial charge in [-0.25, -0.2) is 0 Å². The molecule has 0 spiro atoms. The van der Waals surface area contributed by atoms with Gasteiger partial charge in [0.1, 0.15) is 0 Å². The highest BCUT2D eigenvalue weighted by Crippen LogP contribution is 2.39. The van der Waals surface area contributed by atoms with Gasteiger partial charge in [0.05, 0.1) is 0 Å². The SMILES string of the molecule is C1CCC(C2CCCC2)C1.CCCP. The Balaban J connectivity index is 0.000000213. The molecule has 2 rings (SSSR count). The quantitative estimate of drug-likeness (QED) is 0.587. The lowest BCUT2D eigenvalue weighted by Gasteiger charge is -2.16. The molecule has 2 aliphatic rings. The molecule has 0 saturated heterocycles. The zero-order chi connectivity index (χ0) is 10.2. The summed E-state index contributed by atoms with van der Waals surface area (Å²) in [5.74, 6) is 2.31. The van der Waals surface area contributed by atoms with E-state index >= 15 is 0 Å². The summed E-state index contributed by atoms with van der Waals surface area (Å²) in [6.07, 6.45) is 14.9. The first-order valence-electron chi connectivity index (χ1n) is 6.58. The summed E-state index contributed by atoms with van der Waals surface area (Å²) in [6, 6.07) is 0. The minimum absolute atomic E-state index is 1.16. The Morgan fingerprint density at radius 1 is 0.857 bits per heavy atom. The largest absolute Gasteiger partial charge is 0.138 e. The molecule has 2 saturated carbocycles. The Kier molecular flexibility index (Phi) is 6.86. The van der Waals surface area contributed by atoms with Crippen LogP contribution < -0.4 is 0 Å². The molecule has 2 aliphatic carbocycles. The van der Waals surface area contributed by atoms with Crippen molar-refractivity contribution in [1.29, 1.82) is 0 Å². The van der Waals surface area contributed by atoms with Gasteiger partial charge < -0.3 is 0 Å². The lowest BCUT2D eigenvalue weighted by atomic mass is 9.90. The van der Waals surface area contributed by atoms with Gasteiger partial charge in [0.15, 0.2) is 0 Å². The molecule has 0 nitrogen and oxygen atoms in total. The maximum absolute atomic E-state index is 2.66. The van der Waals surface area contributed by atoms with E-state index in [0.29, 0.717) is 0 Å². The lowest BCUT2D eigenvalue weighted by molar-refractivity contribution is 0.347. The van der Waals surface area contributed by atoms with E-state index in [1.807, 2.05) is 0 Å². The zero-order valence-corrected chi connectivity index (χ0v) is 11.0. The lowest BCUT2D eigenvalue weighted by Crippen LogP contribution is -2.06. The predicted molar refractivity (Wildman–Crippen MR) is 68.8 cm³/mol. The van der Waals surface area contributed by atoms with Crippen molar-refractivity contribution in [2.45, 2.75) is 64.7 Å². The highest BCUT2D eigenvalue weighted by atomic mass is 31.0. The van der Waals surface area contributed by atoms with Crippen LogP contribution in [0.15, 0.2) is 0 Å². The molecule has 1 unspecified atom stereocenters. The monoisotopic (exact) mass is 214 g/mol. The summed E-state index contributed by atoms with van der Waals surface area (Å²) in [4.78, 5) is 0. The highest BCUT2D eigenvalue weighted by molar-refractivity contribution is 7.16. The first-order chi connectivity index (χ1) is 6.88. The van der Waals surface area contributed by atoms with Crippen LogP contribution in [0.25, 0.3) is 0 Å². The van der Waals surface area contributed by atoms with Crippen molar-refractivity contribution in [3.63, 3.8) is 0 Å². The topological polar surface area (TPSA) is 0 Å². The second-order valence-corrected chi connectivity index (χ2v) is 5.46. The van der Waals surface area contributed by atoms with Gasteiger partial charge in [0, 0.05) is 0 Å². The van der Waals surface area contributed by atoms with Crippen molar-refractivity contribution in [3.05, 3.63) is 0 Å². The van der Waals surface area contributed by atoms with Crippen molar-refractivity contribution in [1.82, 2.24) is 0 Å². The van der Waals surface area contributed by atoms with Gasteiger partial charge in [-0.2, -0.15) is 0 Å². The Morgan fingerprint density at radius 3 is 1.36 bits per heavy atom. The minimum Gasteiger partial charge on any atom is -0.138 e. The van der Waals surface area contributed by atoms with E-state index in [9.17, 15) is 0 Å². The Morgan fingerprint density at radius 2 is 1.14 bits per heavy atom. The molecule has 84 valence electrons. The van der Waals surface area contributed by atoms with Gasteiger partial charge in [-0.05, 0) is 18.0 Å². The van der Waals surface area contributed by atoms with E-state index in [4.69, 9.17) is 0 Å². The molecule has 0 N–H and O–H groups in total. The van der Waals surface area contributed by atoms with Crippen molar-refractivity contribution in [3.8, 4) is 0 Å². The molecule has 2 fully saturated rings.